The van der Waals surface area contributed by atoms with Crippen molar-refractivity contribution in [3.63, 3.8) is 0 Å². The van der Waals surface area contributed by atoms with Crippen LogP contribution < -0.4 is 5.32 Å². The molecule has 20 heavy (non-hydrogen) atoms. The number of amides is 2. The number of hydrogen-bond acceptors (Lipinski definition) is 2. The zero-order valence-corrected chi connectivity index (χ0v) is 11.0. The van der Waals surface area contributed by atoms with Crippen LogP contribution in [0.3, 0.4) is 0 Å². The van der Waals surface area contributed by atoms with Crippen LogP contribution >= 0.6 is 0 Å². The van der Waals surface area contributed by atoms with Gasteiger partial charge < -0.3 is 10.2 Å². The molecule has 2 amide bonds. The van der Waals surface area contributed by atoms with Gasteiger partial charge in [0.25, 0.3) is 11.8 Å². The highest BCUT2D eigenvalue weighted by molar-refractivity contribution is 6.09. The Labute approximate surface area is 117 Å². The molecule has 1 atom stereocenters. The summed E-state index contributed by atoms with van der Waals surface area (Å²) >= 11 is 0. The summed E-state index contributed by atoms with van der Waals surface area (Å²) in [4.78, 5) is 26.4. The lowest BCUT2D eigenvalue weighted by atomic mass is 10.1. The van der Waals surface area contributed by atoms with Crippen LogP contribution in [0.25, 0.3) is 0 Å². The molecule has 0 saturated carbocycles. The summed E-state index contributed by atoms with van der Waals surface area (Å²) in [6, 6.07) is 15.7. The van der Waals surface area contributed by atoms with Gasteiger partial charge in [0.15, 0.2) is 0 Å². The fraction of sp³-hybridized carbons (Fsp3) is 0.125. The number of anilines is 1. The molecule has 2 aromatic rings. The van der Waals surface area contributed by atoms with Gasteiger partial charge in [-0.15, -0.1) is 0 Å². The Morgan fingerprint density at radius 2 is 1.60 bits per heavy atom. The lowest BCUT2D eigenvalue weighted by Gasteiger charge is -2.24. The lowest BCUT2D eigenvalue weighted by Crippen LogP contribution is -2.35. The Morgan fingerprint density at radius 3 is 2.35 bits per heavy atom. The summed E-state index contributed by atoms with van der Waals surface area (Å²) in [5.41, 5.74) is 1.88. The fourth-order valence-electron chi connectivity index (χ4n) is 2.47. The molecule has 1 unspecified atom stereocenters. The van der Waals surface area contributed by atoms with Gasteiger partial charge in [0.2, 0.25) is 0 Å². The molecule has 1 aliphatic rings. The predicted molar refractivity (Wildman–Crippen MR) is 76.3 cm³/mol. The van der Waals surface area contributed by atoms with E-state index in [9.17, 15) is 9.59 Å². The van der Waals surface area contributed by atoms with Gasteiger partial charge >= 0.3 is 0 Å². The van der Waals surface area contributed by atoms with Gasteiger partial charge in [0.05, 0.1) is 11.3 Å². The Hall–Kier alpha value is -2.62. The van der Waals surface area contributed by atoms with Crippen molar-refractivity contribution in [3.8, 4) is 0 Å². The molecule has 4 heteroatoms. The molecule has 2 aromatic carbocycles. The van der Waals surface area contributed by atoms with Gasteiger partial charge in [-0.3, -0.25) is 9.59 Å². The van der Waals surface area contributed by atoms with Crippen LogP contribution in [0.1, 0.15) is 22.0 Å². The van der Waals surface area contributed by atoms with Crippen LogP contribution in [0, 0.1) is 0 Å². The van der Waals surface area contributed by atoms with Crippen molar-refractivity contribution in [2.75, 3.05) is 12.4 Å². The molecule has 1 heterocycles. The van der Waals surface area contributed by atoms with Gasteiger partial charge in [-0.1, -0.05) is 42.5 Å². The molecular weight excluding hydrogens is 252 g/mol. The van der Waals surface area contributed by atoms with E-state index < -0.39 is 6.04 Å². The molecule has 0 aliphatic carbocycles. The van der Waals surface area contributed by atoms with Crippen LogP contribution in [0.15, 0.2) is 54.6 Å². The third-order valence-corrected chi connectivity index (χ3v) is 3.49. The molecule has 0 fully saturated rings. The van der Waals surface area contributed by atoms with Crippen LogP contribution in [0.2, 0.25) is 0 Å². The first kappa shape index (κ1) is 12.4. The molecule has 0 aromatic heterocycles. The first-order valence-corrected chi connectivity index (χ1v) is 6.40. The van der Waals surface area contributed by atoms with E-state index in [-0.39, 0.29) is 11.8 Å². The number of benzene rings is 2. The molecule has 1 N–H and O–H groups in total. The predicted octanol–water partition coefficient (Wildman–Crippen LogP) is 2.45. The summed E-state index contributed by atoms with van der Waals surface area (Å²) in [5.74, 6) is -0.357. The molecule has 1 aliphatic heterocycles. The van der Waals surface area contributed by atoms with Crippen LogP contribution in [-0.4, -0.2) is 23.8 Å². The van der Waals surface area contributed by atoms with Crippen molar-refractivity contribution in [2.24, 2.45) is 0 Å². The van der Waals surface area contributed by atoms with Crippen molar-refractivity contribution >= 4 is 17.5 Å². The average molecular weight is 266 g/mol. The molecule has 0 saturated heterocycles. The monoisotopic (exact) mass is 266 g/mol. The summed E-state index contributed by atoms with van der Waals surface area (Å²) in [7, 11) is 1.65. The Bertz CT molecular complexity index is 667. The minimum atomic E-state index is -0.615. The van der Waals surface area contributed by atoms with E-state index in [2.05, 4.69) is 5.32 Å². The Balaban J connectivity index is 2.08. The van der Waals surface area contributed by atoms with E-state index in [1.54, 1.807) is 31.3 Å². The van der Waals surface area contributed by atoms with Crippen LogP contribution in [-0.2, 0) is 4.79 Å². The second-order valence-corrected chi connectivity index (χ2v) is 4.76. The summed E-state index contributed by atoms with van der Waals surface area (Å²) in [6.45, 7) is 0. The van der Waals surface area contributed by atoms with Crippen LogP contribution in [0.5, 0.6) is 0 Å². The maximum Gasteiger partial charge on any atom is 0.256 e. The quantitative estimate of drug-likeness (QED) is 0.862. The number of nitrogens with one attached hydrogen (secondary N) is 1. The first-order chi connectivity index (χ1) is 9.68. The standard InChI is InChI=1S/C16H14N2O2/c1-18-14(11-7-3-2-4-8-11)15(19)17-13-10-6-5-9-12(13)16(18)20/h2-10,14H,1H3,(H,17,19). The third-order valence-electron chi connectivity index (χ3n) is 3.49. The maximum atomic E-state index is 12.5. The van der Waals surface area contributed by atoms with E-state index in [1.807, 2.05) is 30.3 Å². The van der Waals surface area contributed by atoms with Gasteiger partial charge in [0.1, 0.15) is 6.04 Å². The third kappa shape index (κ3) is 1.95. The number of hydrogen-bond donors (Lipinski definition) is 1. The average Bonchev–Trinajstić information content (AvgIpc) is 2.56. The van der Waals surface area contributed by atoms with E-state index >= 15 is 0 Å². The largest absolute Gasteiger partial charge is 0.325 e. The highest BCUT2D eigenvalue weighted by Gasteiger charge is 2.33. The summed E-state index contributed by atoms with van der Waals surface area (Å²) in [6.07, 6.45) is 0. The van der Waals surface area contributed by atoms with Crippen molar-refractivity contribution in [3.05, 3.63) is 65.7 Å². The fourth-order valence-corrected chi connectivity index (χ4v) is 2.47. The summed E-state index contributed by atoms with van der Waals surface area (Å²) in [5, 5.41) is 2.83. The zero-order valence-electron chi connectivity index (χ0n) is 11.0. The minimum absolute atomic E-state index is 0.159. The van der Waals surface area contributed by atoms with E-state index in [0.29, 0.717) is 11.3 Å². The number of rotatable bonds is 1. The Morgan fingerprint density at radius 1 is 0.950 bits per heavy atom. The van der Waals surface area contributed by atoms with Gasteiger partial charge in [-0.2, -0.15) is 0 Å². The molecular formula is C16H14N2O2. The number of para-hydroxylation sites is 1. The normalized spacial score (nSPS) is 18.2. The number of fused-ring (bicyclic) bond motifs is 1. The van der Waals surface area contributed by atoms with E-state index in [4.69, 9.17) is 0 Å². The topological polar surface area (TPSA) is 49.4 Å². The zero-order chi connectivity index (χ0) is 14.1. The molecule has 0 bridgehead atoms. The van der Waals surface area contributed by atoms with Gasteiger partial charge in [0, 0.05) is 7.05 Å². The number of carbonyl (C=O) groups excluding carboxylic acids is 2. The van der Waals surface area contributed by atoms with Crippen LogP contribution in [0.4, 0.5) is 5.69 Å². The molecule has 3 rings (SSSR count). The lowest BCUT2D eigenvalue weighted by molar-refractivity contribution is -0.120. The minimum Gasteiger partial charge on any atom is -0.325 e. The number of carbonyl (C=O) groups is 2. The maximum absolute atomic E-state index is 12.5. The van der Waals surface area contributed by atoms with Gasteiger partial charge in [-0.25, -0.2) is 0 Å². The number of likely N-dealkylation sites (N-methyl/N-ethyl adjacent to an activating group) is 1. The molecule has 4 nitrogen and oxygen atoms in total. The van der Waals surface area contributed by atoms with Crippen molar-refractivity contribution in [1.29, 1.82) is 0 Å². The van der Waals surface area contributed by atoms with E-state index in [0.717, 1.165) is 5.56 Å². The molecule has 100 valence electrons. The smallest absolute Gasteiger partial charge is 0.256 e. The summed E-state index contributed by atoms with van der Waals surface area (Å²) < 4.78 is 0. The van der Waals surface area contributed by atoms with E-state index in [1.165, 1.54) is 4.90 Å². The van der Waals surface area contributed by atoms with Gasteiger partial charge in [-0.05, 0) is 17.7 Å². The SMILES string of the molecule is CN1C(=O)c2ccccc2NC(=O)C1c1ccccc1. The highest BCUT2D eigenvalue weighted by Crippen LogP contribution is 2.29. The Kier molecular flexibility index (Phi) is 2.99. The van der Waals surface area contributed by atoms with Crippen molar-refractivity contribution in [2.45, 2.75) is 6.04 Å². The van der Waals surface area contributed by atoms with Crippen molar-refractivity contribution < 1.29 is 9.59 Å². The first-order valence-electron chi connectivity index (χ1n) is 6.40. The van der Waals surface area contributed by atoms with Crippen molar-refractivity contribution in [1.82, 2.24) is 4.90 Å². The highest BCUT2D eigenvalue weighted by atomic mass is 16.2. The number of nitrogens with zero attached hydrogens (tertiary/aromatic N) is 1. The molecule has 0 spiro atoms. The molecule has 0 radical (unpaired) electrons. The second-order valence-electron chi connectivity index (χ2n) is 4.76. The second kappa shape index (κ2) is 4.81.